The van der Waals surface area contributed by atoms with Crippen molar-refractivity contribution in [1.29, 1.82) is 0 Å². The molecule has 19 heavy (non-hydrogen) atoms. The summed E-state index contributed by atoms with van der Waals surface area (Å²) in [7, 11) is 1.88. The lowest BCUT2D eigenvalue weighted by Crippen LogP contribution is -1.98. The molecule has 2 rings (SSSR count). The van der Waals surface area contributed by atoms with Crippen molar-refractivity contribution >= 4 is 0 Å². The normalized spacial score (nSPS) is 9.84. The predicted octanol–water partition coefficient (Wildman–Crippen LogP) is 1.65. The predicted molar refractivity (Wildman–Crippen MR) is 72.7 cm³/mol. The standard InChI is InChI=1S/C15H16N2O2/c1-12-10-15(6-5-13(12)4-3-9-18)19-11-14-7-8-17(2)16-14/h5-8,10,18H,9,11H2,1-2H3. The van der Waals surface area contributed by atoms with E-state index < -0.39 is 0 Å². The molecule has 0 spiro atoms. The van der Waals surface area contributed by atoms with E-state index in [9.17, 15) is 0 Å². The highest BCUT2D eigenvalue weighted by molar-refractivity contribution is 5.44. The van der Waals surface area contributed by atoms with Gasteiger partial charge in [0.15, 0.2) is 0 Å². The zero-order valence-corrected chi connectivity index (χ0v) is 11.1. The van der Waals surface area contributed by atoms with Crippen LogP contribution in [0.2, 0.25) is 0 Å². The van der Waals surface area contributed by atoms with Crippen molar-refractivity contribution < 1.29 is 9.84 Å². The number of aliphatic hydroxyl groups excluding tert-OH is 1. The van der Waals surface area contributed by atoms with Crippen LogP contribution in [0.25, 0.3) is 0 Å². The van der Waals surface area contributed by atoms with Crippen LogP contribution in [0.4, 0.5) is 0 Å². The number of aliphatic hydroxyl groups is 1. The van der Waals surface area contributed by atoms with Crippen molar-refractivity contribution in [2.24, 2.45) is 7.05 Å². The first-order valence-electron chi connectivity index (χ1n) is 6.01. The zero-order chi connectivity index (χ0) is 13.7. The highest BCUT2D eigenvalue weighted by atomic mass is 16.5. The molecule has 98 valence electrons. The Morgan fingerprint density at radius 1 is 1.37 bits per heavy atom. The summed E-state index contributed by atoms with van der Waals surface area (Å²) in [5.74, 6) is 6.32. The van der Waals surface area contributed by atoms with Crippen LogP contribution in [0.3, 0.4) is 0 Å². The molecular formula is C15H16N2O2. The maximum atomic E-state index is 8.68. The van der Waals surface area contributed by atoms with Gasteiger partial charge >= 0.3 is 0 Å². The number of aromatic nitrogens is 2. The summed E-state index contributed by atoms with van der Waals surface area (Å²) >= 11 is 0. The quantitative estimate of drug-likeness (QED) is 0.849. The van der Waals surface area contributed by atoms with E-state index in [0.717, 1.165) is 22.6 Å². The Morgan fingerprint density at radius 3 is 2.84 bits per heavy atom. The fourth-order valence-electron chi connectivity index (χ4n) is 1.70. The second-order valence-corrected chi connectivity index (χ2v) is 4.21. The Balaban J connectivity index is 2.03. The minimum Gasteiger partial charge on any atom is -0.487 e. The molecule has 1 aromatic carbocycles. The average molecular weight is 256 g/mol. The van der Waals surface area contributed by atoms with Crippen LogP contribution in [-0.4, -0.2) is 21.5 Å². The zero-order valence-electron chi connectivity index (χ0n) is 11.1. The van der Waals surface area contributed by atoms with Crippen LogP contribution in [0.5, 0.6) is 5.75 Å². The molecule has 4 heteroatoms. The summed E-state index contributed by atoms with van der Waals surface area (Å²) in [5, 5.41) is 12.9. The van der Waals surface area contributed by atoms with Crippen molar-refractivity contribution in [3.8, 4) is 17.6 Å². The summed E-state index contributed by atoms with van der Waals surface area (Å²) in [6, 6.07) is 7.63. The first kappa shape index (κ1) is 13.2. The van der Waals surface area contributed by atoms with Crippen LogP contribution in [0.15, 0.2) is 30.5 Å². The number of benzene rings is 1. The Bertz CT molecular complexity index is 621. The van der Waals surface area contributed by atoms with E-state index in [0.29, 0.717) is 6.61 Å². The van der Waals surface area contributed by atoms with E-state index in [4.69, 9.17) is 9.84 Å². The van der Waals surface area contributed by atoms with E-state index in [1.54, 1.807) is 4.68 Å². The lowest BCUT2D eigenvalue weighted by atomic mass is 10.1. The summed E-state index contributed by atoms with van der Waals surface area (Å²) < 4.78 is 7.42. The van der Waals surface area contributed by atoms with Gasteiger partial charge in [0.25, 0.3) is 0 Å². The third kappa shape index (κ3) is 3.60. The molecule has 0 unspecified atom stereocenters. The van der Waals surface area contributed by atoms with Crippen LogP contribution in [-0.2, 0) is 13.7 Å². The molecule has 0 aliphatic heterocycles. The van der Waals surface area contributed by atoms with E-state index in [-0.39, 0.29) is 6.61 Å². The Hall–Kier alpha value is -2.25. The number of aryl methyl sites for hydroxylation is 2. The number of rotatable bonds is 3. The van der Waals surface area contributed by atoms with Crippen molar-refractivity contribution in [1.82, 2.24) is 9.78 Å². The molecule has 1 N–H and O–H groups in total. The highest BCUT2D eigenvalue weighted by Crippen LogP contribution is 2.17. The van der Waals surface area contributed by atoms with Crippen LogP contribution < -0.4 is 4.74 Å². The SMILES string of the molecule is Cc1cc(OCc2ccn(C)n2)ccc1C#CCO. The van der Waals surface area contributed by atoms with Crippen molar-refractivity contribution in [2.45, 2.75) is 13.5 Å². The van der Waals surface area contributed by atoms with Crippen LogP contribution in [0.1, 0.15) is 16.8 Å². The van der Waals surface area contributed by atoms with Gasteiger partial charge in [-0.05, 0) is 36.8 Å². The lowest BCUT2D eigenvalue weighted by Gasteiger charge is -2.06. The van der Waals surface area contributed by atoms with Crippen LogP contribution in [0, 0.1) is 18.8 Å². The van der Waals surface area contributed by atoms with Gasteiger partial charge in [-0.25, -0.2) is 0 Å². The number of hydrogen-bond acceptors (Lipinski definition) is 3. The third-order valence-corrected chi connectivity index (χ3v) is 2.66. The molecule has 0 aliphatic rings. The van der Waals surface area contributed by atoms with Gasteiger partial charge in [-0.15, -0.1) is 0 Å². The van der Waals surface area contributed by atoms with E-state index in [1.807, 2.05) is 44.4 Å². The molecule has 0 radical (unpaired) electrons. The number of ether oxygens (including phenoxy) is 1. The summed E-state index contributed by atoms with van der Waals surface area (Å²) in [5.41, 5.74) is 2.82. The van der Waals surface area contributed by atoms with Gasteiger partial charge in [0.1, 0.15) is 19.0 Å². The van der Waals surface area contributed by atoms with Gasteiger partial charge in [-0.2, -0.15) is 5.10 Å². The maximum absolute atomic E-state index is 8.68. The minimum atomic E-state index is -0.128. The Labute approximate surface area is 112 Å². The van der Waals surface area contributed by atoms with Crippen LogP contribution >= 0.6 is 0 Å². The maximum Gasteiger partial charge on any atom is 0.132 e. The van der Waals surface area contributed by atoms with E-state index in [1.165, 1.54) is 0 Å². The van der Waals surface area contributed by atoms with Crippen molar-refractivity contribution in [2.75, 3.05) is 6.61 Å². The molecule has 0 aliphatic carbocycles. The van der Waals surface area contributed by atoms with Crippen molar-refractivity contribution in [3.63, 3.8) is 0 Å². The Kier molecular flexibility index (Phi) is 4.22. The second-order valence-electron chi connectivity index (χ2n) is 4.21. The topological polar surface area (TPSA) is 47.3 Å². The molecule has 1 aromatic heterocycles. The lowest BCUT2D eigenvalue weighted by molar-refractivity contribution is 0.300. The molecule has 0 bridgehead atoms. The number of hydrogen-bond donors (Lipinski definition) is 1. The largest absolute Gasteiger partial charge is 0.487 e. The van der Waals surface area contributed by atoms with E-state index >= 15 is 0 Å². The van der Waals surface area contributed by atoms with Gasteiger partial charge in [-0.1, -0.05) is 11.8 Å². The second kappa shape index (κ2) is 6.07. The first-order valence-corrected chi connectivity index (χ1v) is 6.01. The molecule has 4 nitrogen and oxygen atoms in total. The smallest absolute Gasteiger partial charge is 0.132 e. The molecule has 1 heterocycles. The van der Waals surface area contributed by atoms with Gasteiger partial charge in [0.2, 0.25) is 0 Å². The molecule has 0 amide bonds. The molecule has 0 fully saturated rings. The fraction of sp³-hybridized carbons (Fsp3) is 0.267. The molecular weight excluding hydrogens is 240 g/mol. The third-order valence-electron chi connectivity index (χ3n) is 2.66. The summed E-state index contributed by atoms with van der Waals surface area (Å²) in [4.78, 5) is 0. The molecule has 2 aromatic rings. The number of nitrogens with zero attached hydrogens (tertiary/aromatic N) is 2. The Morgan fingerprint density at radius 2 is 2.21 bits per heavy atom. The molecule has 0 saturated heterocycles. The molecule has 0 atom stereocenters. The first-order chi connectivity index (χ1) is 9.19. The summed E-state index contributed by atoms with van der Waals surface area (Å²) in [6.07, 6.45) is 1.89. The van der Waals surface area contributed by atoms with Gasteiger partial charge in [0.05, 0.1) is 5.69 Å². The van der Waals surface area contributed by atoms with Gasteiger partial charge in [-0.3, -0.25) is 4.68 Å². The van der Waals surface area contributed by atoms with E-state index in [2.05, 4.69) is 16.9 Å². The molecule has 0 saturated carbocycles. The monoisotopic (exact) mass is 256 g/mol. The summed E-state index contributed by atoms with van der Waals surface area (Å²) in [6.45, 7) is 2.29. The highest BCUT2D eigenvalue weighted by Gasteiger charge is 2.01. The van der Waals surface area contributed by atoms with Gasteiger partial charge in [0, 0.05) is 18.8 Å². The average Bonchev–Trinajstić information content (AvgIpc) is 2.81. The van der Waals surface area contributed by atoms with Gasteiger partial charge < -0.3 is 9.84 Å². The minimum absolute atomic E-state index is 0.128. The van der Waals surface area contributed by atoms with Crippen molar-refractivity contribution in [3.05, 3.63) is 47.3 Å². The fourth-order valence-corrected chi connectivity index (χ4v) is 1.70.